The quantitative estimate of drug-likeness (QED) is 0.0426. The minimum Gasteiger partial charge on any atom is -0.370 e. The molecular formula is C51H69N13O9. The maximum Gasteiger partial charge on any atom is 0.243 e. The van der Waals surface area contributed by atoms with E-state index in [1.165, 1.54) is 6.92 Å². The second kappa shape index (κ2) is 28.1. The van der Waals surface area contributed by atoms with Crippen molar-refractivity contribution in [3.8, 4) is 0 Å². The van der Waals surface area contributed by atoms with Crippen LogP contribution in [-0.2, 0) is 56.0 Å². The number of aliphatic imine (C=N–C) groups is 1. The van der Waals surface area contributed by atoms with Gasteiger partial charge in [-0.15, -0.1) is 0 Å². The lowest BCUT2D eigenvalue weighted by Crippen LogP contribution is -2.59. The number of unbranched alkanes of at least 4 members (excludes halogenated alkanes) is 1. The third-order valence-corrected chi connectivity index (χ3v) is 12.3. The summed E-state index contributed by atoms with van der Waals surface area (Å²) in [5.74, 6) is -6.47. The van der Waals surface area contributed by atoms with E-state index >= 15 is 0 Å². The van der Waals surface area contributed by atoms with Crippen LogP contribution in [0.4, 0.5) is 0 Å². The molecule has 73 heavy (non-hydrogen) atoms. The normalized spacial score (nSPS) is 20.7. The average molecular weight is 1010 g/mol. The number of amides is 9. The van der Waals surface area contributed by atoms with E-state index in [4.69, 9.17) is 17.2 Å². The molecule has 22 heteroatoms. The third-order valence-electron chi connectivity index (χ3n) is 12.3. The number of H-pyrrole nitrogens is 1. The van der Waals surface area contributed by atoms with Crippen LogP contribution < -0.4 is 59.7 Å². The highest BCUT2D eigenvalue weighted by molar-refractivity contribution is 5.97. The Kier molecular flexibility index (Phi) is 21.5. The molecule has 6 atom stereocenters. The molecule has 1 fully saturated rings. The number of carbonyl (C=O) groups excluding carboxylic acids is 9. The zero-order valence-corrected chi connectivity index (χ0v) is 41.4. The van der Waals surface area contributed by atoms with Gasteiger partial charge in [-0.25, -0.2) is 0 Å². The van der Waals surface area contributed by atoms with Crippen molar-refractivity contribution < 1.29 is 43.2 Å². The number of nitrogens with one attached hydrogen (secondary N) is 9. The number of hydrogen-bond donors (Lipinski definition) is 12. The minimum absolute atomic E-state index is 0.0131. The summed E-state index contributed by atoms with van der Waals surface area (Å²) < 4.78 is 0. The van der Waals surface area contributed by atoms with Crippen molar-refractivity contribution in [1.29, 1.82) is 0 Å². The van der Waals surface area contributed by atoms with Crippen LogP contribution in [0.15, 0.2) is 77.9 Å². The Hall–Kier alpha value is -8.04. The predicted octanol–water partition coefficient (Wildman–Crippen LogP) is -0.0394. The molecule has 0 saturated carbocycles. The van der Waals surface area contributed by atoms with Crippen LogP contribution in [0.5, 0.6) is 0 Å². The number of benzene rings is 3. The molecule has 4 aromatic rings. The maximum absolute atomic E-state index is 14.5. The fraction of sp³-hybridized carbons (Fsp3) is 0.451. The summed E-state index contributed by atoms with van der Waals surface area (Å²) in [5, 5.41) is 24.1. The zero-order valence-electron chi connectivity index (χ0n) is 41.4. The zero-order chi connectivity index (χ0) is 52.9. The molecule has 392 valence electrons. The van der Waals surface area contributed by atoms with Crippen molar-refractivity contribution in [2.45, 2.75) is 127 Å². The highest BCUT2D eigenvalue weighted by atomic mass is 16.2. The molecular weight excluding hydrogens is 939 g/mol. The number of rotatable bonds is 15. The Morgan fingerprint density at radius 2 is 1.44 bits per heavy atom. The minimum atomic E-state index is -1.42. The number of primary amides is 1. The molecule has 1 aliphatic heterocycles. The van der Waals surface area contributed by atoms with Gasteiger partial charge in [-0.05, 0) is 66.5 Å². The van der Waals surface area contributed by atoms with Gasteiger partial charge in [0.2, 0.25) is 53.2 Å². The molecule has 1 aromatic heterocycles. The lowest BCUT2D eigenvalue weighted by molar-refractivity contribution is -0.134. The van der Waals surface area contributed by atoms with Crippen molar-refractivity contribution in [3.05, 3.63) is 84.1 Å². The summed E-state index contributed by atoms with van der Waals surface area (Å²) >= 11 is 0. The van der Waals surface area contributed by atoms with Gasteiger partial charge in [0.25, 0.3) is 0 Å². The second-order valence-corrected chi connectivity index (χ2v) is 18.2. The van der Waals surface area contributed by atoms with E-state index in [0.717, 1.165) is 28.1 Å². The second-order valence-electron chi connectivity index (χ2n) is 18.2. The lowest BCUT2D eigenvalue weighted by Gasteiger charge is -2.26. The fourth-order valence-electron chi connectivity index (χ4n) is 8.47. The number of aromatic amines is 1. The molecule has 0 spiro atoms. The number of fused-ring (bicyclic) bond motifs is 2. The number of nitrogens with two attached hydrogens (primary N) is 3. The molecule has 5 rings (SSSR count). The number of nitrogens with zero attached hydrogens (tertiary/aromatic N) is 1. The van der Waals surface area contributed by atoms with Crippen molar-refractivity contribution in [2.24, 2.45) is 22.2 Å². The summed E-state index contributed by atoms with van der Waals surface area (Å²) in [6, 6.07) is 13.0. The van der Waals surface area contributed by atoms with E-state index in [-0.39, 0.29) is 77.0 Å². The summed E-state index contributed by atoms with van der Waals surface area (Å²) in [6.07, 6.45) is 3.21. The van der Waals surface area contributed by atoms with Gasteiger partial charge in [-0.1, -0.05) is 80.4 Å². The topological polar surface area (TPSA) is 356 Å². The number of aromatic nitrogens is 1. The summed E-state index contributed by atoms with van der Waals surface area (Å²) in [7, 11) is 0. The summed E-state index contributed by atoms with van der Waals surface area (Å²) in [5.41, 5.74) is 19.1. The Bertz CT molecular complexity index is 2630. The Balaban J connectivity index is 1.48. The SMILES string of the molecule is CCCCC(NC(C)=O)C(=O)N[C@H]1CC(=O)NCCCC[C@@H](C(N)=O)NC(=O)[C@H](Cc2c[nH]c3ccccc23)NC(=O)[C@H](CCCN=C(N)N)NC(=O)[C@@H](Cc2ccc3ccccc3c2)NC(=O)CCNC1=O. The molecule has 22 nitrogen and oxygen atoms in total. The van der Waals surface area contributed by atoms with Crippen LogP contribution >= 0.6 is 0 Å². The largest absolute Gasteiger partial charge is 0.370 e. The molecule has 2 heterocycles. The van der Waals surface area contributed by atoms with E-state index in [1.807, 2.05) is 73.7 Å². The van der Waals surface area contributed by atoms with E-state index in [1.54, 1.807) is 6.20 Å². The lowest BCUT2D eigenvalue weighted by atomic mass is 10.00. The number of hydrogen-bond acceptors (Lipinski definition) is 10. The predicted molar refractivity (Wildman–Crippen MR) is 275 cm³/mol. The molecule has 15 N–H and O–H groups in total. The van der Waals surface area contributed by atoms with Crippen molar-refractivity contribution in [2.75, 3.05) is 19.6 Å². The van der Waals surface area contributed by atoms with Gasteiger partial charge >= 0.3 is 0 Å². The smallest absolute Gasteiger partial charge is 0.243 e. The van der Waals surface area contributed by atoms with Gasteiger partial charge in [0.05, 0.1) is 6.42 Å². The third kappa shape index (κ3) is 17.9. The Morgan fingerprint density at radius 3 is 2.18 bits per heavy atom. The Morgan fingerprint density at radius 1 is 0.740 bits per heavy atom. The van der Waals surface area contributed by atoms with Crippen LogP contribution in [0.1, 0.15) is 89.2 Å². The van der Waals surface area contributed by atoms with Gasteiger partial charge in [-0.3, -0.25) is 48.1 Å². The van der Waals surface area contributed by atoms with Gasteiger partial charge < -0.3 is 64.7 Å². The van der Waals surface area contributed by atoms with Crippen molar-refractivity contribution in [1.82, 2.24) is 47.5 Å². The first kappa shape index (κ1) is 55.9. The first-order chi connectivity index (χ1) is 35.0. The van der Waals surface area contributed by atoms with E-state index in [9.17, 15) is 43.2 Å². The molecule has 1 unspecified atom stereocenters. The highest BCUT2D eigenvalue weighted by Gasteiger charge is 2.33. The van der Waals surface area contributed by atoms with Crippen LogP contribution in [0, 0.1) is 0 Å². The first-order valence-corrected chi connectivity index (χ1v) is 24.7. The summed E-state index contributed by atoms with van der Waals surface area (Å²) in [4.78, 5) is 130. The van der Waals surface area contributed by atoms with E-state index in [0.29, 0.717) is 24.0 Å². The summed E-state index contributed by atoms with van der Waals surface area (Å²) in [6.45, 7) is 3.07. The van der Waals surface area contributed by atoms with Gasteiger partial charge in [0.1, 0.15) is 36.3 Å². The van der Waals surface area contributed by atoms with Crippen LogP contribution in [0.3, 0.4) is 0 Å². The average Bonchev–Trinajstić information content (AvgIpc) is 3.76. The van der Waals surface area contributed by atoms with E-state index < -0.39 is 95.8 Å². The van der Waals surface area contributed by atoms with E-state index in [2.05, 4.69) is 52.5 Å². The Labute approximate surface area is 423 Å². The standard InChI is InChI=1S/C51H69N13O9/c1-3-4-15-38(59-30(2)65)47(70)64-42-28-44(67)55-22-10-9-17-37(45(52)68)61-50(73)41(27-34-29-58-36-16-8-7-14-35(34)36)63-48(71)39(18-11-23-57-51(53)54)62-49(72)40(60-43(66)21-24-56-46(42)69)26-31-19-20-32-12-5-6-13-33(32)25-31/h5-8,12-14,16,19-20,25,29,37-42,58H,3-4,9-11,15,17-18,21-24,26-28H2,1-2H3,(H2,52,68)(H,55,67)(H,56,69)(H,59,65)(H,60,66)(H,61,73)(H,62,72)(H,63,71)(H,64,70)(H4,53,54,57)/t37-,38?,39-,40+,41-,42-/m0/s1. The maximum atomic E-state index is 14.5. The van der Waals surface area contributed by atoms with Gasteiger partial charge in [0, 0.05) is 62.9 Å². The number of para-hydroxylation sites is 1. The molecule has 9 amide bonds. The van der Waals surface area contributed by atoms with Gasteiger partial charge in [-0.2, -0.15) is 0 Å². The highest BCUT2D eigenvalue weighted by Crippen LogP contribution is 2.21. The molecule has 1 aliphatic rings. The monoisotopic (exact) mass is 1010 g/mol. The first-order valence-electron chi connectivity index (χ1n) is 24.7. The van der Waals surface area contributed by atoms with Crippen LogP contribution in [0.25, 0.3) is 21.7 Å². The molecule has 0 aliphatic carbocycles. The van der Waals surface area contributed by atoms with Gasteiger partial charge in [0.15, 0.2) is 5.96 Å². The number of guanidine groups is 1. The van der Waals surface area contributed by atoms with Crippen LogP contribution in [-0.4, -0.2) is 120 Å². The number of carbonyl (C=O) groups is 9. The molecule has 3 aromatic carbocycles. The molecule has 0 radical (unpaired) electrons. The van der Waals surface area contributed by atoms with Crippen molar-refractivity contribution in [3.63, 3.8) is 0 Å². The fourth-order valence-corrected chi connectivity index (χ4v) is 8.47. The molecule has 0 bridgehead atoms. The molecule has 1 saturated heterocycles. The van der Waals surface area contributed by atoms with Crippen LogP contribution in [0.2, 0.25) is 0 Å². The van der Waals surface area contributed by atoms with Crippen molar-refractivity contribution >= 4 is 80.8 Å².